The predicted octanol–water partition coefficient (Wildman–Crippen LogP) is 3.99. The Morgan fingerprint density at radius 3 is 2.26 bits per heavy atom. The fraction of sp³-hybridized carbons (Fsp3) is 0.368. The zero-order valence-electron chi connectivity index (χ0n) is 13.1. The third-order valence-electron chi connectivity index (χ3n) is 4.42. The first kappa shape index (κ1) is 16.2. The van der Waals surface area contributed by atoms with Crippen LogP contribution in [0.4, 0.5) is 0 Å². The van der Waals surface area contributed by atoms with Gasteiger partial charge in [0, 0.05) is 0 Å². The average Bonchev–Trinajstić information content (AvgIpc) is 2.62. The minimum absolute atomic E-state index is 0.0208. The van der Waals surface area contributed by atoms with Gasteiger partial charge in [-0.05, 0) is 43.4 Å². The Balaban J connectivity index is 1.64. The first-order valence-electron chi connectivity index (χ1n) is 8.11. The summed E-state index contributed by atoms with van der Waals surface area (Å²) in [6.45, 7) is 0.545. The molecule has 3 rings (SSSR count). The van der Waals surface area contributed by atoms with E-state index >= 15 is 0 Å². The Hall–Kier alpha value is -1.65. The zero-order chi connectivity index (χ0) is 16.1. The largest absolute Gasteiger partial charge is 0.373 e. The van der Waals surface area contributed by atoms with Gasteiger partial charge in [0.15, 0.2) is 9.84 Å². The molecule has 1 aliphatic rings. The third kappa shape index (κ3) is 4.01. The van der Waals surface area contributed by atoms with E-state index in [0.29, 0.717) is 17.9 Å². The summed E-state index contributed by atoms with van der Waals surface area (Å²) >= 11 is 0. The molecule has 0 bridgehead atoms. The van der Waals surface area contributed by atoms with Gasteiger partial charge in [0.2, 0.25) is 0 Å². The van der Waals surface area contributed by atoms with Gasteiger partial charge in [-0.25, -0.2) is 8.42 Å². The van der Waals surface area contributed by atoms with E-state index in [1.54, 1.807) is 24.3 Å². The van der Waals surface area contributed by atoms with Crippen molar-refractivity contribution in [2.24, 2.45) is 0 Å². The molecule has 0 aromatic heterocycles. The summed E-state index contributed by atoms with van der Waals surface area (Å²) < 4.78 is 31.5. The molecule has 0 spiro atoms. The molecule has 0 aliphatic heterocycles. The molecule has 1 saturated carbocycles. The van der Waals surface area contributed by atoms with Crippen LogP contribution < -0.4 is 0 Å². The van der Waals surface area contributed by atoms with Gasteiger partial charge in [0.05, 0.1) is 22.9 Å². The van der Waals surface area contributed by atoms with Crippen molar-refractivity contribution in [1.82, 2.24) is 0 Å². The Bertz CT molecular complexity index is 711. The van der Waals surface area contributed by atoms with Crippen LogP contribution in [-0.2, 0) is 21.2 Å². The van der Waals surface area contributed by atoms with Crippen LogP contribution in [0.25, 0.3) is 0 Å². The van der Waals surface area contributed by atoms with E-state index in [0.717, 1.165) is 24.8 Å². The molecule has 4 heteroatoms. The lowest BCUT2D eigenvalue weighted by atomic mass is 9.97. The van der Waals surface area contributed by atoms with Crippen LogP contribution in [0.15, 0.2) is 65.6 Å². The molecule has 2 aromatic carbocycles. The highest BCUT2D eigenvalue weighted by atomic mass is 32.2. The van der Waals surface area contributed by atoms with Crippen molar-refractivity contribution in [2.75, 3.05) is 0 Å². The molecule has 0 N–H and O–H groups in total. The van der Waals surface area contributed by atoms with Gasteiger partial charge in [-0.15, -0.1) is 0 Å². The molecule has 0 saturated heterocycles. The summed E-state index contributed by atoms with van der Waals surface area (Å²) in [5.41, 5.74) is 1.13. The summed E-state index contributed by atoms with van der Waals surface area (Å²) in [5.74, 6) is 0. The number of benzene rings is 2. The molecule has 122 valence electrons. The first-order chi connectivity index (χ1) is 11.2. The molecular weight excluding hydrogens is 308 g/mol. The third-order valence-corrected chi connectivity index (χ3v) is 6.65. The first-order valence-corrected chi connectivity index (χ1v) is 9.65. The number of sulfone groups is 1. The summed E-state index contributed by atoms with van der Waals surface area (Å²) in [7, 11) is -3.26. The monoisotopic (exact) mass is 330 g/mol. The van der Waals surface area contributed by atoms with E-state index < -0.39 is 9.84 Å². The Morgan fingerprint density at radius 1 is 0.913 bits per heavy atom. The SMILES string of the molecule is O=S(=O)(c1ccccc1)[C@@H]1CCC[C@H](OCc2ccccc2)C1. The molecule has 1 fully saturated rings. The van der Waals surface area contributed by atoms with E-state index in [1.807, 2.05) is 36.4 Å². The van der Waals surface area contributed by atoms with Crippen molar-refractivity contribution < 1.29 is 13.2 Å². The fourth-order valence-electron chi connectivity index (χ4n) is 3.13. The van der Waals surface area contributed by atoms with E-state index in [1.165, 1.54) is 0 Å². The molecule has 1 aliphatic carbocycles. The Labute approximate surface area is 138 Å². The maximum atomic E-state index is 12.8. The van der Waals surface area contributed by atoms with Crippen molar-refractivity contribution in [2.45, 2.75) is 48.5 Å². The van der Waals surface area contributed by atoms with Gasteiger partial charge in [-0.1, -0.05) is 48.5 Å². The summed E-state index contributed by atoms with van der Waals surface area (Å²) in [6.07, 6.45) is 3.17. The number of ether oxygens (including phenoxy) is 1. The Kier molecular flexibility index (Phi) is 5.13. The van der Waals surface area contributed by atoms with Crippen LogP contribution in [-0.4, -0.2) is 19.8 Å². The molecule has 2 atom stereocenters. The lowest BCUT2D eigenvalue weighted by Crippen LogP contribution is -2.32. The second-order valence-electron chi connectivity index (χ2n) is 6.07. The van der Waals surface area contributed by atoms with Crippen LogP contribution in [0.5, 0.6) is 0 Å². The van der Waals surface area contributed by atoms with Gasteiger partial charge in [0.1, 0.15) is 0 Å². The van der Waals surface area contributed by atoms with Crippen LogP contribution in [0.2, 0.25) is 0 Å². The Morgan fingerprint density at radius 2 is 1.57 bits per heavy atom. The van der Waals surface area contributed by atoms with Gasteiger partial charge in [-0.2, -0.15) is 0 Å². The normalized spacial score (nSPS) is 21.9. The molecule has 0 radical (unpaired) electrons. The predicted molar refractivity (Wildman–Crippen MR) is 90.9 cm³/mol. The maximum absolute atomic E-state index is 12.8. The van der Waals surface area contributed by atoms with E-state index in [2.05, 4.69) is 0 Å². The van der Waals surface area contributed by atoms with Crippen molar-refractivity contribution >= 4 is 9.84 Å². The van der Waals surface area contributed by atoms with Crippen LogP contribution in [0, 0.1) is 0 Å². The second kappa shape index (κ2) is 7.28. The highest BCUT2D eigenvalue weighted by molar-refractivity contribution is 7.92. The van der Waals surface area contributed by atoms with Gasteiger partial charge >= 0.3 is 0 Å². The smallest absolute Gasteiger partial charge is 0.181 e. The highest BCUT2D eigenvalue weighted by Crippen LogP contribution is 2.30. The molecular formula is C19H22O3S. The maximum Gasteiger partial charge on any atom is 0.181 e. The van der Waals surface area contributed by atoms with Gasteiger partial charge in [0.25, 0.3) is 0 Å². The molecule has 0 amide bonds. The van der Waals surface area contributed by atoms with Crippen molar-refractivity contribution in [3.8, 4) is 0 Å². The lowest BCUT2D eigenvalue weighted by molar-refractivity contribution is 0.0177. The molecule has 3 nitrogen and oxygen atoms in total. The molecule has 0 unspecified atom stereocenters. The average molecular weight is 330 g/mol. The van der Waals surface area contributed by atoms with Crippen molar-refractivity contribution in [1.29, 1.82) is 0 Å². The summed E-state index contributed by atoms with van der Waals surface area (Å²) in [6, 6.07) is 18.8. The van der Waals surface area contributed by atoms with Gasteiger partial charge < -0.3 is 4.74 Å². The summed E-state index contributed by atoms with van der Waals surface area (Å²) in [4.78, 5) is 0.425. The van der Waals surface area contributed by atoms with Crippen LogP contribution >= 0.6 is 0 Å². The summed E-state index contributed by atoms with van der Waals surface area (Å²) in [5, 5.41) is -0.334. The van der Waals surface area contributed by atoms with Gasteiger partial charge in [-0.3, -0.25) is 0 Å². The number of hydrogen-bond acceptors (Lipinski definition) is 3. The zero-order valence-corrected chi connectivity index (χ0v) is 13.9. The van der Waals surface area contributed by atoms with Crippen LogP contribution in [0.3, 0.4) is 0 Å². The van der Waals surface area contributed by atoms with E-state index in [4.69, 9.17) is 4.74 Å². The lowest BCUT2D eigenvalue weighted by Gasteiger charge is -2.29. The van der Waals surface area contributed by atoms with Crippen molar-refractivity contribution in [3.05, 3.63) is 66.2 Å². The molecule has 2 aromatic rings. The minimum Gasteiger partial charge on any atom is -0.373 e. The van der Waals surface area contributed by atoms with E-state index in [-0.39, 0.29) is 11.4 Å². The van der Waals surface area contributed by atoms with Crippen LogP contribution in [0.1, 0.15) is 31.2 Å². The fourth-order valence-corrected chi connectivity index (χ4v) is 4.99. The minimum atomic E-state index is -3.26. The second-order valence-corrected chi connectivity index (χ2v) is 8.29. The topological polar surface area (TPSA) is 43.4 Å². The number of hydrogen-bond donors (Lipinski definition) is 0. The number of rotatable bonds is 5. The highest BCUT2D eigenvalue weighted by Gasteiger charge is 2.33. The standard InChI is InChI=1S/C19H22O3S/c20-23(21,18-11-5-2-6-12-18)19-13-7-10-17(14-19)22-15-16-8-3-1-4-9-16/h1-6,8-9,11-12,17,19H,7,10,13-15H2/t17-,19+/m0/s1. The van der Waals surface area contributed by atoms with E-state index in [9.17, 15) is 8.42 Å². The van der Waals surface area contributed by atoms with Crippen molar-refractivity contribution in [3.63, 3.8) is 0 Å². The molecule has 0 heterocycles. The quantitative estimate of drug-likeness (QED) is 0.832. The molecule has 23 heavy (non-hydrogen) atoms.